The largest absolute Gasteiger partial charge is 0.311 e. The molecule has 0 aliphatic carbocycles. The second kappa shape index (κ2) is 4.97. The summed E-state index contributed by atoms with van der Waals surface area (Å²) >= 11 is 3.47. The quantitative estimate of drug-likeness (QED) is 0.856. The van der Waals surface area contributed by atoms with Gasteiger partial charge in [0, 0.05) is 16.7 Å². The highest BCUT2D eigenvalue weighted by Gasteiger charge is 2.17. The Morgan fingerprint density at radius 2 is 2.25 bits per heavy atom. The number of hydrogen-bond donors (Lipinski definition) is 1. The third kappa shape index (κ3) is 2.44. The molecular formula is C12H15BrN2O. The van der Waals surface area contributed by atoms with Gasteiger partial charge in [-0.1, -0.05) is 15.9 Å². The minimum atomic E-state index is 0.152. The molecule has 2 rings (SSSR count). The van der Waals surface area contributed by atoms with Gasteiger partial charge in [0.2, 0.25) is 5.91 Å². The maximum absolute atomic E-state index is 11.9. The molecule has 0 atom stereocenters. The first-order valence-electron chi connectivity index (χ1n) is 5.46. The Morgan fingerprint density at radius 3 is 3.00 bits per heavy atom. The predicted molar refractivity (Wildman–Crippen MR) is 68.7 cm³/mol. The van der Waals surface area contributed by atoms with E-state index in [9.17, 15) is 4.79 Å². The lowest BCUT2D eigenvalue weighted by molar-refractivity contribution is -0.117. The smallest absolute Gasteiger partial charge is 0.240 e. The van der Waals surface area contributed by atoms with Crippen LogP contribution < -0.4 is 10.2 Å². The Kier molecular flexibility index (Phi) is 3.61. The van der Waals surface area contributed by atoms with Gasteiger partial charge in [0.1, 0.15) is 0 Å². The summed E-state index contributed by atoms with van der Waals surface area (Å²) in [4.78, 5) is 13.7. The van der Waals surface area contributed by atoms with Crippen molar-refractivity contribution in [2.75, 3.05) is 24.5 Å². The van der Waals surface area contributed by atoms with Gasteiger partial charge >= 0.3 is 0 Å². The lowest BCUT2D eigenvalue weighted by atomic mass is 10.2. The number of carbonyl (C=O) groups is 1. The van der Waals surface area contributed by atoms with Gasteiger partial charge in [-0.25, -0.2) is 0 Å². The van der Waals surface area contributed by atoms with Crippen LogP contribution in [0.4, 0.5) is 5.69 Å². The molecule has 1 amide bonds. The van der Waals surface area contributed by atoms with Gasteiger partial charge in [0.25, 0.3) is 0 Å². The third-order valence-electron chi connectivity index (χ3n) is 2.77. The first kappa shape index (κ1) is 11.6. The molecule has 86 valence electrons. The minimum absolute atomic E-state index is 0.152. The number of rotatable bonds is 1. The number of carbonyl (C=O) groups excluding carboxylic acids is 1. The summed E-state index contributed by atoms with van der Waals surface area (Å²) in [6.45, 7) is 4.19. The number of anilines is 1. The number of nitrogens with one attached hydrogen (secondary N) is 1. The molecule has 1 aromatic rings. The van der Waals surface area contributed by atoms with Crippen LogP contribution in [0, 0.1) is 6.92 Å². The van der Waals surface area contributed by atoms with Crippen LogP contribution in [0.25, 0.3) is 0 Å². The van der Waals surface area contributed by atoms with Gasteiger partial charge in [-0.05, 0) is 43.7 Å². The predicted octanol–water partition coefficient (Wildman–Crippen LogP) is 2.08. The van der Waals surface area contributed by atoms with E-state index in [1.807, 2.05) is 30.0 Å². The van der Waals surface area contributed by atoms with E-state index in [0.29, 0.717) is 6.54 Å². The molecule has 1 aromatic carbocycles. The molecular weight excluding hydrogens is 268 g/mol. The molecule has 1 saturated heterocycles. The van der Waals surface area contributed by atoms with Gasteiger partial charge in [0.15, 0.2) is 0 Å². The van der Waals surface area contributed by atoms with Gasteiger partial charge in [0.05, 0.1) is 6.54 Å². The molecule has 3 nitrogen and oxygen atoms in total. The second-order valence-corrected chi connectivity index (χ2v) is 4.86. The molecule has 16 heavy (non-hydrogen) atoms. The Hall–Kier alpha value is -0.870. The zero-order valence-corrected chi connectivity index (χ0v) is 10.9. The van der Waals surface area contributed by atoms with Gasteiger partial charge in [-0.2, -0.15) is 0 Å². The van der Waals surface area contributed by atoms with Crippen molar-refractivity contribution in [3.63, 3.8) is 0 Å². The lowest BCUT2D eigenvalue weighted by Crippen LogP contribution is -2.34. The Morgan fingerprint density at radius 1 is 1.44 bits per heavy atom. The fraction of sp³-hybridized carbons (Fsp3) is 0.417. The molecule has 0 bridgehead atoms. The summed E-state index contributed by atoms with van der Waals surface area (Å²) in [5.74, 6) is 0.152. The van der Waals surface area contributed by atoms with Crippen LogP contribution >= 0.6 is 15.9 Å². The van der Waals surface area contributed by atoms with Crippen molar-refractivity contribution in [2.45, 2.75) is 13.3 Å². The number of benzene rings is 1. The van der Waals surface area contributed by atoms with Crippen LogP contribution in [-0.2, 0) is 4.79 Å². The monoisotopic (exact) mass is 282 g/mol. The Bertz CT molecular complexity index is 406. The highest BCUT2D eigenvalue weighted by Crippen LogP contribution is 2.23. The molecule has 0 unspecified atom stereocenters. The molecule has 1 fully saturated rings. The fourth-order valence-corrected chi connectivity index (χ4v) is 2.09. The van der Waals surface area contributed by atoms with Crippen LogP contribution in [0.15, 0.2) is 22.7 Å². The summed E-state index contributed by atoms with van der Waals surface area (Å²) in [5.41, 5.74) is 2.15. The Labute approximate surface area is 104 Å². The van der Waals surface area contributed by atoms with Crippen molar-refractivity contribution in [1.29, 1.82) is 0 Å². The van der Waals surface area contributed by atoms with Crippen LogP contribution in [0.1, 0.15) is 12.0 Å². The van der Waals surface area contributed by atoms with Crippen LogP contribution in [0.2, 0.25) is 0 Å². The van der Waals surface area contributed by atoms with Crippen molar-refractivity contribution in [2.24, 2.45) is 0 Å². The molecule has 0 spiro atoms. The average molecular weight is 283 g/mol. The number of halogens is 1. The molecule has 0 radical (unpaired) electrons. The molecule has 0 saturated carbocycles. The minimum Gasteiger partial charge on any atom is -0.311 e. The summed E-state index contributed by atoms with van der Waals surface area (Å²) in [6.07, 6.45) is 1.00. The highest BCUT2D eigenvalue weighted by atomic mass is 79.9. The van der Waals surface area contributed by atoms with Crippen molar-refractivity contribution in [1.82, 2.24) is 5.32 Å². The molecule has 1 heterocycles. The third-order valence-corrected chi connectivity index (χ3v) is 3.66. The molecule has 0 aromatic heterocycles. The van der Waals surface area contributed by atoms with Crippen LogP contribution in [0.3, 0.4) is 0 Å². The van der Waals surface area contributed by atoms with Gasteiger partial charge in [-0.15, -0.1) is 0 Å². The van der Waals surface area contributed by atoms with Crippen molar-refractivity contribution < 1.29 is 4.79 Å². The van der Waals surface area contributed by atoms with E-state index < -0.39 is 0 Å². The fourth-order valence-electron chi connectivity index (χ4n) is 1.85. The van der Waals surface area contributed by atoms with Crippen molar-refractivity contribution in [3.05, 3.63) is 28.2 Å². The topological polar surface area (TPSA) is 32.3 Å². The van der Waals surface area contributed by atoms with E-state index >= 15 is 0 Å². The molecule has 1 aliphatic heterocycles. The summed E-state index contributed by atoms with van der Waals surface area (Å²) in [7, 11) is 0. The summed E-state index contributed by atoms with van der Waals surface area (Å²) in [6, 6.07) is 6.03. The SMILES string of the molecule is Cc1cc(N2CCCNCC2=O)ccc1Br. The first-order chi connectivity index (χ1) is 7.68. The molecule has 4 heteroatoms. The maximum atomic E-state index is 11.9. The van der Waals surface area contributed by atoms with E-state index in [1.165, 1.54) is 0 Å². The van der Waals surface area contributed by atoms with Gasteiger partial charge in [-0.3, -0.25) is 4.79 Å². The molecule has 1 aliphatic rings. The zero-order valence-electron chi connectivity index (χ0n) is 9.29. The Balaban J connectivity index is 2.27. The van der Waals surface area contributed by atoms with Crippen molar-refractivity contribution >= 4 is 27.5 Å². The summed E-state index contributed by atoms with van der Waals surface area (Å²) < 4.78 is 1.08. The normalized spacial score (nSPS) is 17.4. The number of aryl methyl sites for hydroxylation is 1. The van der Waals surface area contributed by atoms with E-state index in [4.69, 9.17) is 0 Å². The maximum Gasteiger partial charge on any atom is 0.240 e. The average Bonchev–Trinajstić information content (AvgIpc) is 2.47. The van der Waals surface area contributed by atoms with Crippen molar-refractivity contribution in [3.8, 4) is 0 Å². The van der Waals surface area contributed by atoms with Crippen LogP contribution in [0.5, 0.6) is 0 Å². The second-order valence-electron chi connectivity index (χ2n) is 4.01. The van der Waals surface area contributed by atoms with E-state index in [-0.39, 0.29) is 5.91 Å². The first-order valence-corrected chi connectivity index (χ1v) is 6.25. The lowest BCUT2D eigenvalue weighted by Gasteiger charge is -2.21. The highest BCUT2D eigenvalue weighted by molar-refractivity contribution is 9.10. The molecule has 1 N–H and O–H groups in total. The van der Waals surface area contributed by atoms with Crippen LogP contribution in [-0.4, -0.2) is 25.5 Å². The number of nitrogens with zero attached hydrogens (tertiary/aromatic N) is 1. The zero-order chi connectivity index (χ0) is 11.5. The standard InChI is InChI=1S/C12H15BrN2O/c1-9-7-10(3-4-11(9)13)15-6-2-5-14-8-12(15)16/h3-4,7,14H,2,5-6,8H2,1H3. The van der Waals surface area contributed by atoms with E-state index in [0.717, 1.165) is 35.2 Å². The number of amides is 1. The van der Waals surface area contributed by atoms with E-state index in [1.54, 1.807) is 0 Å². The van der Waals surface area contributed by atoms with Gasteiger partial charge < -0.3 is 10.2 Å². The number of hydrogen-bond acceptors (Lipinski definition) is 2. The van der Waals surface area contributed by atoms with E-state index in [2.05, 4.69) is 21.2 Å². The summed E-state index contributed by atoms with van der Waals surface area (Å²) in [5, 5.41) is 3.12.